The molecular formula is C16H14O2. The number of fused-ring (bicyclic) bond motifs is 3. The second-order valence-electron chi connectivity index (χ2n) is 4.78. The highest BCUT2D eigenvalue weighted by atomic mass is 16.4. The van der Waals surface area contributed by atoms with Gasteiger partial charge in [-0.3, -0.25) is 4.79 Å². The predicted octanol–water partition coefficient (Wildman–Crippen LogP) is 3.19. The van der Waals surface area contributed by atoms with Gasteiger partial charge < -0.3 is 5.11 Å². The average molecular weight is 238 g/mol. The van der Waals surface area contributed by atoms with Crippen LogP contribution in [0.25, 0.3) is 11.1 Å². The van der Waals surface area contributed by atoms with Crippen LogP contribution in [0.5, 0.6) is 0 Å². The lowest BCUT2D eigenvalue weighted by Crippen LogP contribution is -2.03. The molecule has 90 valence electrons. The SMILES string of the molecule is Cc1c(CC(=O)O)ccc2c1Cc1ccccc1-2. The molecule has 2 nitrogen and oxygen atoms in total. The molecular weight excluding hydrogens is 224 g/mol. The summed E-state index contributed by atoms with van der Waals surface area (Å²) in [4.78, 5) is 10.8. The molecule has 1 N–H and O–H groups in total. The minimum Gasteiger partial charge on any atom is -0.481 e. The summed E-state index contributed by atoms with van der Waals surface area (Å²) >= 11 is 0. The lowest BCUT2D eigenvalue weighted by atomic mass is 9.96. The van der Waals surface area contributed by atoms with Gasteiger partial charge in [0, 0.05) is 0 Å². The number of carboxylic acids is 1. The van der Waals surface area contributed by atoms with Crippen molar-refractivity contribution >= 4 is 5.97 Å². The second kappa shape index (κ2) is 3.98. The molecule has 0 aliphatic heterocycles. The molecule has 0 heterocycles. The van der Waals surface area contributed by atoms with Gasteiger partial charge in [-0.1, -0.05) is 36.4 Å². The molecule has 0 unspecified atom stereocenters. The minimum atomic E-state index is -0.770. The lowest BCUT2D eigenvalue weighted by Gasteiger charge is -2.09. The maximum absolute atomic E-state index is 10.8. The van der Waals surface area contributed by atoms with E-state index in [0.717, 1.165) is 17.5 Å². The van der Waals surface area contributed by atoms with E-state index >= 15 is 0 Å². The van der Waals surface area contributed by atoms with E-state index in [9.17, 15) is 4.79 Å². The second-order valence-corrected chi connectivity index (χ2v) is 4.78. The van der Waals surface area contributed by atoms with Crippen LogP contribution < -0.4 is 0 Å². The van der Waals surface area contributed by atoms with Crippen molar-refractivity contribution in [2.24, 2.45) is 0 Å². The molecule has 2 heteroatoms. The van der Waals surface area contributed by atoms with Crippen molar-refractivity contribution in [3.63, 3.8) is 0 Å². The topological polar surface area (TPSA) is 37.3 Å². The molecule has 0 amide bonds. The summed E-state index contributed by atoms with van der Waals surface area (Å²) in [6.45, 7) is 2.03. The molecule has 0 atom stereocenters. The van der Waals surface area contributed by atoms with Gasteiger partial charge >= 0.3 is 5.97 Å². The highest BCUT2D eigenvalue weighted by Crippen LogP contribution is 2.38. The smallest absolute Gasteiger partial charge is 0.307 e. The Hall–Kier alpha value is -2.09. The fraction of sp³-hybridized carbons (Fsp3) is 0.188. The van der Waals surface area contributed by atoms with Crippen LogP contribution in [0, 0.1) is 6.92 Å². The fourth-order valence-corrected chi connectivity index (χ4v) is 2.77. The first-order chi connectivity index (χ1) is 8.66. The molecule has 0 bridgehead atoms. The Morgan fingerprint density at radius 1 is 1.17 bits per heavy atom. The van der Waals surface area contributed by atoms with Gasteiger partial charge in [-0.05, 0) is 46.7 Å². The Bertz CT molecular complexity index is 642. The van der Waals surface area contributed by atoms with Gasteiger partial charge in [0.1, 0.15) is 0 Å². The summed E-state index contributed by atoms with van der Waals surface area (Å²) in [5.41, 5.74) is 7.23. The van der Waals surface area contributed by atoms with E-state index in [1.807, 2.05) is 13.0 Å². The van der Waals surface area contributed by atoms with Gasteiger partial charge in [0.25, 0.3) is 0 Å². The summed E-state index contributed by atoms with van der Waals surface area (Å²) in [7, 11) is 0. The van der Waals surface area contributed by atoms with E-state index < -0.39 is 5.97 Å². The molecule has 18 heavy (non-hydrogen) atoms. The van der Waals surface area contributed by atoms with Crippen molar-refractivity contribution in [3.8, 4) is 11.1 Å². The maximum atomic E-state index is 10.8. The standard InChI is InChI=1S/C16H14O2/c1-10-11(9-16(17)18)6-7-14-13-5-3-2-4-12(13)8-15(10)14/h2-7H,8-9H2,1H3,(H,17,18). The van der Waals surface area contributed by atoms with E-state index in [4.69, 9.17) is 5.11 Å². The van der Waals surface area contributed by atoms with Gasteiger partial charge in [-0.2, -0.15) is 0 Å². The van der Waals surface area contributed by atoms with Crippen LogP contribution in [0.4, 0.5) is 0 Å². The normalized spacial score (nSPS) is 12.1. The number of benzene rings is 2. The number of rotatable bonds is 2. The first-order valence-electron chi connectivity index (χ1n) is 6.08. The molecule has 0 saturated carbocycles. The molecule has 1 aliphatic rings. The van der Waals surface area contributed by atoms with E-state index in [1.165, 1.54) is 22.3 Å². The summed E-state index contributed by atoms with van der Waals surface area (Å²) in [6, 6.07) is 12.4. The Balaban J connectivity index is 2.12. The van der Waals surface area contributed by atoms with Crippen LogP contribution in [-0.4, -0.2) is 11.1 Å². The number of carbonyl (C=O) groups is 1. The lowest BCUT2D eigenvalue weighted by molar-refractivity contribution is -0.136. The number of hydrogen-bond acceptors (Lipinski definition) is 1. The third-order valence-electron chi connectivity index (χ3n) is 3.73. The van der Waals surface area contributed by atoms with Crippen molar-refractivity contribution < 1.29 is 9.90 Å². The molecule has 0 radical (unpaired) electrons. The summed E-state index contributed by atoms with van der Waals surface area (Å²) < 4.78 is 0. The average Bonchev–Trinajstić information content (AvgIpc) is 2.72. The zero-order valence-corrected chi connectivity index (χ0v) is 10.2. The van der Waals surface area contributed by atoms with Crippen LogP contribution in [-0.2, 0) is 17.6 Å². The van der Waals surface area contributed by atoms with Crippen LogP contribution in [0.15, 0.2) is 36.4 Å². The monoisotopic (exact) mass is 238 g/mol. The van der Waals surface area contributed by atoms with Crippen LogP contribution in [0.2, 0.25) is 0 Å². The summed E-state index contributed by atoms with van der Waals surface area (Å²) in [6.07, 6.45) is 1.03. The number of aliphatic carboxylic acids is 1. The molecule has 0 spiro atoms. The molecule has 3 rings (SSSR count). The quantitative estimate of drug-likeness (QED) is 0.744. The summed E-state index contributed by atoms with van der Waals surface area (Å²) in [5.74, 6) is -0.770. The predicted molar refractivity (Wildman–Crippen MR) is 70.8 cm³/mol. The first-order valence-corrected chi connectivity index (χ1v) is 6.08. The number of hydrogen-bond donors (Lipinski definition) is 1. The Kier molecular flexibility index (Phi) is 2.44. The third-order valence-corrected chi connectivity index (χ3v) is 3.73. The minimum absolute atomic E-state index is 0.107. The van der Waals surface area contributed by atoms with E-state index in [-0.39, 0.29) is 6.42 Å². The first kappa shape index (κ1) is 11.0. The molecule has 2 aromatic rings. The Morgan fingerprint density at radius 2 is 1.94 bits per heavy atom. The molecule has 0 fully saturated rings. The Morgan fingerprint density at radius 3 is 2.72 bits per heavy atom. The van der Waals surface area contributed by atoms with E-state index in [1.54, 1.807) is 0 Å². The Labute approximate surface area is 106 Å². The highest BCUT2D eigenvalue weighted by molar-refractivity contribution is 5.79. The van der Waals surface area contributed by atoms with Crippen molar-refractivity contribution in [3.05, 3.63) is 58.7 Å². The van der Waals surface area contributed by atoms with Crippen molar-refractivity contribution in [2.45, 2.75) is 19.8 Å². The zero-order valence-electron chi connectivity index (χ0n) is 10.2. The molecule has 0 aromatic heterocycles. The van der Waals surface area contributed by atoms with Crippen LogP contribution >= 0.6 is 0 Å². The molecule has 2 aromatic carbocycles. The van der Waals surface area contributed by atoms with Crippen LogP contribution in [0.1, 0.15) is 22.3 Å². The van der Waals surface area contributed by atoms with Crippen molar-refractivity contribution in [1.29, 1.82) is 0 Å². The highest BCUT2D eigenvalue weighted by Gasteiger charge is 2.21. The fourth-order valence-electron chi connectivity index (χ4n) is 2.77. The maximum Gasteiger partial charge on any atom is 0.307 e. The van der Waals surface area contributed by atoms with Gasteiger partial charge in [0.05, 0.1) is 6.42 Å². The van der Waals surface area contributed by atoms with E-state index in [2.05, 4.69) is 30.3 Å². The van der Waals surface area contributed by atoms with Crippen molar-refractivity contribution in [1.82, 2.24) is 0 Å². The van der Waals surface area contributed by atoms with Crippen molar-refractivity contribution in [2.75, 3.05) is 0 Å². The zero-order chi connectivity index (χ0) is 12.7. The van der Waals surface area contributed by atoms with Crippen LogP contribution in [0.3, 0.4) is 0 Å². The van der Waals surface area contributed by atoms with Gasteiger partial charge in [-0.25, -0.2) is 0 Å². The molecule has 0 saturated heterocycles. The van der Waals surface area contributed by atoms with Gasteiger partial charge in [-0.15, -0.1) is 0 Å². The number of carboxylic acid groups (broad SMARTS) is 1. The van der Waals surface area contributed by atoms with Gasteiger partial charge in [0.2, 0.25) is 0 Å². The largest absolute Gasteiger partial charge is 0.481 e. The summed E-state index contributed by atoms with van der Waals surface area (Å²) in [5, 5.41) is 8.91. The van der Waals surface area contributed by atoms with Gasteiger partial charge in [0.15, 0.2) is 0 Å². The van der Waals surface area contributed by atoms with E-state index in [0.29, 0.717) is 0 Å². The third kappa shape index (κ3) is 1.61. The molecule has 1 aliphatic carbocycles.